The fraction of sp³-hybridized carbons (Fsp3) is 0.143. The number of nitrogens with two attached hydrogens (primary N) is 1. The molecule has 2 aromatic rings. The Bertz CT molecular complexity index is 381. The van der Waals surface area contributed by atoms with E-state index in [2.05, 4.69) is 12.1 Å². The normalized spacial score (nSPS) is 8.93. The van der Waals surface area contributed by atoms with E-state index in [1.54, 1.807) is 0 Å². The highest BCUT2D eigenvalue weighted by Gasteiger charge is 1.94. The Hall–Kier alpha value is -1.76. The van der Waals surface area contributed by atoms with Crippen LogP contribution in [0.1, 0.15) is 15.3 Å². The van der Waals surface area contributed by atoms with Gasteiger partial charge in [-0.1, -0.05) is 56.3 Å². The molecule has 0 amide bonds. The van der Waals surface area contributed by atoms with Crippen molar-refractivity contribution in [3.63, 3.8) is 0 Å². The van der Waals surface area contributed by atoms with Gasteiger partial charge in [0.15, 0.2) is 0 Å². The number of hydrogen-bond donors (Lipinski definition) is 1. The molecule has 0 atom stereocenters. The number of nitrogen functional groups attached to an aromatic ring is 1. The number of hydrogen-bond acceptors (Lipinski definition) is 1. The molecule has 80 valence electrons. The lowest BCUT2D eigenvalue weighted by molar-refractivity contribution is 1.50. The minimum absolute atomic E-state index is 0. The van der Waals surface area contributed by atoms with Gasteiger partial charge >= 0.3 is 0 Å². The summed E-state index contributed by atoms with van der Waals surface area (Å²) in [5.74, 6) is 0. The van der Waals surface area contributed by atoms with Crippen LogP contribution in [0.5, 0.6) is 0 Å². The van der Waals surface area contributed by atoms with Crippen LogP contribution in [-0.2, 0) is 0 Å². The van der Waals surface area contributed by atoms with Crippen molar-refractivity contribution in [2.45, 2.75) is 13.8 Å². The van der Waals surface area contributed by atoms with Gasteiger partial charge in [0.05, 0.1) is 0 Å². The summed E-state index contributed by atoms with van der Waals surface area (Å²) in [6.45, 7) is 4.00. The summed E-state index contributed by atoms with van der Waals surface area (Å²) >= 11 is 0. The van der Waals surface area contributed by atoms with Crippen molar-refractivity contribution >= 4 is 5.69 Å². The van der Waals surface area contributed by atoms with E-state index < -0.39 is 0 Å². The minimum atomic E-state index is 0. The van der Waals surface area contributed by atoms with Gasteiger partial charge in [-0.05, 0) is 23.3 Å². The van der Waals surface area contributed by atoms with Crippen LogP contribution in [0.4, 0.5) is 5.69 Å². The van der Waals surface area contributed by atoms with Crippen molar-refractivity contribution < 1.29 is 1.43 Å². The first-order chi connectivity index (χ1) is 7.36. The Morgan fingerprint density at radius 1 is 0.733 bits per heavy atom. The lowest BCUT2D eigenvalue weighted by Gasteiger charge is -2.00. The molecule has 0 aliphatic heterocycles. The molecule has 0 aliphatic rings. The fourth-order valence-corrected chi connectivity index (χ4v) is 1.31. The molecule has 0 aliphatic carbocycles. The maximum absolute atomic E-state index is 5.60. The Morgan fingerprint density at radius 2 is 1.20 bits per heavy atom. The Balaban J connectivity index is 0.000000711. The van der Waals surface area contributed by atoms with Gasteiger partial charge in [0.1, 0.15) is 0 Å². The molecule has 0 saturated carbocycles. The first kappa shape index (κ1) is 11.3. The summed E-state index contributed by atoms with van der Waals surface area (Å²) in [6.07, 6.45) is 0. The van der Waals surface area contributed by atoms with Crippen LogP contribution in [-0.4, -0.2) is 0 Å². The topological polar surface area (TPSA) is 26.0 Å². The zero-order chi connectivity index (χ0) is 11.1. The maximum Gasteiger partial charge on any atom is 0.0314 e. The SMILES string of the molecule is CC.Nc1ccc(-c2ccccc2)cc1.[HH]. The summed E-state index contributed by atoms with van der Waals surface area (Å²) in [4.78, 5) is 0. The van der Waals surface area contributed by atoms with E-state index in [0.29, 0.717) is 0 Å². The van der Waals surface area contributed by atoms with Crippen molar-refractivity contribution in [1.29, 1.82) is 0 Å². The average molecular weight is 201 g/mol. The van der Waals surface area contributed by atoms with Gasteiger partial charge in [-0.25, -0.2) is 0 Å². The van der Waals surface area contributed by atoms with Crippen LogP contribution in [0.25, 0.3) is 11.1 Å². The molecule has 0 heterocycles. The number of rotatable bonds is 1. The molecule has 2 rings (SSSR count). The van der Waals surface area contributed by atoms with Gasteiger partial charge in [0, 0.05) is 7.11 Å². The smallest absolute Gasteiger partial charge is 0.0314 e. The zero-order valence-corrected chi connectivity index (χ0v) is 9.27. The second kappa shape index (κ2) is 5.86. The Kier molecular flexibility index (Phi) is 4.42. The van der Waals surface area contributed by atoms with Crippen LogP contribution in [0.2, 0.25) is 0 Å². The minimum Gasteiger partial charge on any atom is -0.399 e. The van der Waals surface area contributed by atoms with Crippen LogP contribution in [0.3, 0.4) is 0 Å². The molecule has 2 aromatic carbocycles. The first-order valence-corrected chi connectivity index (χ1v) is 5.27. The predicted octanol–water partition coefficient (Wildman–Crippen LogP) is 4.21. The van der Waals surface area contributed by atoms with Crippen LogP contribution < -0.4 is 5.73 Å². The van der Waals surface area contributed by atoms with E-state index in [-0.39, 0.29) is 1.43 Å². The highest BCUT2D eigenvalue weighted by atomic mass is 14.5. The summed E-state index contributed by atoms with van der Waals surface area (Å²) in [5, 5.41) is 0. The van der Waals surface area contributed by atoms with Crippen molar-refractivity contribution in [2.75, 3.05) is 5.73 Å². The molecule has 15 heavy (non-hydrogen) atoms. The quantitative estimate of drug-likeness (QED) is 0.687. The molecule has 0 spiro atoms. The maximum atomic E-state index is 5.60. The zero-order valence-electron chi connectivity index (χ0n) is 9.27. The molecule has 2 N–H and O–H groups in total. The third kappa shape index (κ3) is 3.13. The van der Waals surface area contributed by atoms with Gasteiger partial charge in [-0.15, -0.1) is 0 Å². The molecule has 0 aromatic heterocycles. The molecule has 0 bridgehead atoms. The Morgan fingerprint density at radius 3 is 1.73 bits per heavy atom. The van der Waals surface area contributed by atoms with Crippen molar-refractivity contribution in [3.8, 4) is 11.1 Å². The largest absolute Gasteiger partial charge is 0.399 e. The summed E-state index contributed by atoms with van der Waals surface area (Å²) in [6, 6.07) is 18.2. The van der Waals surface area contributed by atoms with Crippen LogP contribution in [0, 0.1) is 0 Å². The molecule has 1 heteroatoms. The van der Waals surface area contributed by atoms with Gasteiger partial charge < -0.3 is 5.73 Å². The van der Waals surface area contributed by atoms with E-state index >= 15 is 0 Å². The Labute approximate surface area is 93.0 Å². The van der Waals surface area contributed by atoms with Crippen LogP contribution >= 0.6 is 0 Å². The van der Waals surface area contributed by atoms with Crippen LogP contribution in [0.15, 0.2) is 54.6 Å². The molecular formula is C14H19N. The van der Waals surface area contributed by atoms with E-state index in [0.717, 1.165) is 5.69 Å². The van der Waals surface area contributed by atoms with E-state index in [4.69, 9.17) is 5.73 Å². The molecule has 0 unspecified atom stereocenters. The molecular weight excluding hydrogens is 182 g/mol. The third-order valence-corrected chi connectivity index (χ3v) is 2.02. The summed E-state index contributed by atoms with van der Waals surface area (Å²) < 4.78 is 0. The predicted molar refractivity (Wildman–Crippen MR) is 69.8 cm³/mol. The molecule has 0 radical (unpaired) electrons. The van der Waals surface area contributed by atoms with Gasteiger partial charge in [0.2, 0.25) is 0 Å². The van der Waals surface area contributed by atoms with E-state index in [1.807, 2.05) is 56.3 Å². The molecule has 0 saturated heterocycles. The summed E-state index contributed by atoms with van der Waals surface area (Å²) in [5.41, 5.74) is 8.84. The number of anilines is 1. The molecule has 0 fully saturated rings. The van der Waals surface area contributed by atoms with Crippen molar-refractivity contribution in [1.82, 2.24) is 0 Å². The fourth-order valence-electron chi connectivity index (χ4n) is 1.31. The number of benzene rings is 2. The standard InChI is InChI=1S/C12H11N.C2H6.H2/c13-12-8-6-11(7-9-12)10-4-2-1-3-5-10;1-2;/h1-9H,13H2;1-2H3;1H. The second-order valence-corrected chi connectivity index (χ2v) is 2.99. The van der Waals surface area contributed by atoms with Gasteiger partial charge in [-0.3, -0.25) is 0 Å². The van der Waals surface area contributed by atoms with Crippen molar-refractivity contribution in [3.05, 3.63) is 54.6 Å². The van der Waals surface area contributed by atoms with Gasteiger partial charge in [0.25, 0.3) is 0 Å². The third-order valence-electron chi connectivity index (χ3n) is 2.02. The van der Waals surface area contributed by atoms with Gasteiger partial charge in [-0.2, -0.15) is 0 Å². The average Bonchev–Trinajstić information content (AvgIpc) is 2.34. The second-order valence-electron chi connectivity index (χ2n) is 2.99. The molecule has 1 nitrogen and oxygen atoms in total. The monoisotopic (exact) mass is 201 g/mol. The van der Waals surface area contributed by atoms with E-state index in [1.165, 1.54) is 11.1 Å². The van der Waals surface area contributed by atoms with Crippen molar-refractivity contribution in [2.24, 2.45) is 0 Å². The van der Waals surface area contributed by atoms with E-state index in [9.17, 15) is 0 Å². The highest BCUT2D eigenvalue weighted by molar-refractivity contribution is 5.65. The highest BCUT2D eigenvalue weighted by Crippen LogP contribution is 2.19. The summed E-state index contributed by atoms with van der Waals surface area (Å²) in [7, 11) is 0. The lowest BCUT2D eigenvalue weighted by Crippen LogP contribution is -1.83. The lowest BCUT2D eigenvalue weighted by atomic mass is 10.1. The first-order valence-electron chi connectivity index (χ1n) is 5.27.